The summed E-state index contributed by atoms with van der Waals surface area (Å²) in [7, 11) is -2.40. The highest BCUT2D eigenvalue weighted by atomic mass is 28.4. The Morgan fingerprint density at radius 1 is 0.906 bits per heavy atom. The zero-order valence-electron chi connectivity index (χ0n) is 20.5. The third kappa shape index (κ3) is 6.10. The molecule has 0 saturated carbocycles. The molecule has 0 amide bonds. The minimum atomic E-state index is -2.40. The van der Waals surface area contributed by atoms with Gasteiger partial charge < -0.3 is 13.9 Å². The Balaban J connectivity index is 1.63. The van der Waals surface area contributed by atoms with Crippen molar-refractivity contribution in [3.63, 3.8) is 0 Å². The molecule has 2 aromatic rings. The van der Waals surface area contributed by atoms with Crippen LogP contribution in [-0.2, 0) is 13.9 Å². The van der Waals surface area contributed by atoms with Gasteiger partial charge in [-0.05, 0) is 48.0 Å². The van der Waals surface area contributed by atoms with Crippen LogP contribution in [0.15, 0.2) is 60.7 Å². The maximum absolute atomic E-state index is 7.01. The smallest absolute Gasteiger partial charge is 0.261 e. The highest BCUT2D eigenvalue weighted by Crippen LogP contribution is 2.37. The number of hydrogen-bond donors (Lipinski definition) is 0. The molecule has 32 heavy (non-hydrogen) atoms. The second-order valence-electron chi connectivity index (χ2n) is 9.96. The molecule has 0 radical (unpaired) electrons. The topological polar surface area (TPSA) is 27.7 Å². The van der Waals surface area contributed by atoms with Crippen LogP contribution in [0.25, 0.3) is 0 Å². The average molecular weight is 455 g/mol. The fourth-order valence-electron chi connectivity index (χ4n) is 5.12. The molecule has 1 heterocycles. The first-order chi connectivity index (χ1) is 15.5. The number of hydrogen-bond acceptors (Lipinski definition) is 3. The van der Waals surface area contributed by atoms with Gasteiger partial charge in [0.05, 0.1) is 0 Å². The Bertz CT molecular complexity index is 731. The van der Waals surface area contributed by atoms with Gasteiger partial charge in [-0.1, -0.05) is 94.3 Å². The van der Waals surface area contributed by atoms with E-state index in [1.807, 2.05) is 0 Å². The van der Waals surface area contributed by atoms with Gasteiger partial charge in [0.1, 0.15) is 0 Å². The van der Waals surface area contributed by atoms with Gasteiger partial charge in [-0.3, -0.25) is 0 Å². The maximum Gasteiger partial charge on any atom is 0.261 e. The first-order valence-electron chi connectivity index (χ1n) is 12.5. The van der Waals surface area contributed by atoms with Crippen LogP contribution in [0.1, 0.15) is 66.2 Å². The number of ether oxygens (including phenoxy) is 2. The maximum atomic E-state index is 7.01. The van der Waals surface area contributed by atoms with Gasteiger partial charge in [-0.25, -0.2) is 0 Å². The van der Waals surface area contributed by atoms with Gasteiger partial charge in [0.25, 0.3) is 8.32 Å². The summed E-state index contributed by atoms with van der Waals surface area (Å²) in [6, 6.07) is 21.9. The van der Waals surface area contributed by atoms with Crippen LogP contribution in [0.4, 0.5) is 0 Å². The SMILES string of the molecule is CCO[C@@H]1OCCC[C@@H]1CCCCCO[Si](c1ccccc1)(c1ccccc1)C(C)(C)C. The molecule has 4 heteroatoms. The van der Waals surface area contributed by atoms with E-state index in [0.29, 0.717) is 5.92 Å². The van der Waals surface area contributed by atoms with Crippen molar-refractivity contribution in [1.29, 1.82) is 0 Å². The lowest BCUT2D eigenvalue weighted by Gasteiger charge is -2.43. The summed E-state index contributed by atoms with van der Waals surface area (Å²) in [6.07, 6.45) is 7.06. The molecule has 2 atom stereocenters. The van der Waals surface area contributed by atoms with Crippen LogP contribution >= 0.6 is 0 Å². The molecule has 0 N–H and O–H groups in total. The molecule has 1 aliphatic rings. The Kier molecular flexibility index (Phi) is 9.54. The van der Waals surface area contributed by atoms with E-state index >= 15 is 0 Å². The first-order valence-corrected chi connectivity index (χ1v) is 14.4. The molecular formula is C28H42O3Si. The van der Waals surface area contributed by atoms with E-state index in [0.717, 1.165) is 32.7 Å². The van der Waals surface area contributed by atoms with E-state index in [2.05, 4.69) is 88.4 Å². The van der Waals surface area contributed by atoms with Gasteiger partial charge in [0.15, 0.2) is 6.29 Å². The molecule has 0 aromatic heterocycles. The molecule has 0 spiro atoms. The van der Waals surface area contributed by atoms with E-state index in [9.17, 15) is 0 Å². The van der Waals surface area contributed by atoms with Crippen LogP contribution in [0.2, 0.25) is 5.04 Å². The minimum Gasteiger partial charge on any atom is -0.407 e. The highest BCUT2D eigenvalue weighted by molar-refractivity contribution is 6.99. The normalized spacial score (nSPS) is 19.8. The lowest BCUT2D eigenvalue weighted by molar-refractivity contribution is -0.191. The second kappa shape index (κ2) is 12.1. The summed E-state index contributed by atoms with van der Waals surface area (Å²) in [5, 5.41) is 2.76. The average Bonchev–Trinajstić information content (AvgIpc) is 2.80. The second-order valence-corrected chi connectivity index (χ2v) is 14.3. The molecule has 1 saturated heterocycles. The van der Waals surface area contributed by atoms with Crippen LogP contribution in [0.5, 0.6) is 0 Å². The standard InChI is InChI=1S/C28H42O3Si/c1-5-29-27-24(17-15-22-30-27)16-9-8-14-23-31-32(28(2,3)4,25-18-10-6-11-19-25)26-20-12-7-13-21-26/h6-7,10-13,18-21,24,27H,5,8-9,14-17,22-23H2,1-4H3/t24-,27+/m0/s1. The largest absolute Gasteiger partial charge is 0.407 e. The van der Waals surface area contributed by atoms with Crippen molar-refractivity contribution >= 4 is 18.7 Å². The molecular weight excluding hydrogens is 412 g/mol. The Morgan fingerprint density at radius 2 is 1.53 bits per heavy atom. The fraction of sp³-hybridized carbons (Fsp3) is 0.571. The van der Waals surface area contributed by atoms with Crippen molar-refractivity contribution in [3.05, 3.63) is 60.7 Å². The molecule has 1 aliphatic heterocycles. The van der Waals surface area contributed by atoms with E-state index in [-0.39, 0.29) is 11.3 Å². The summed E-state index contributed by atoms with van der Waals surface area (Å²) >= 11 is 0. The fourth-order valence-corrected chi connectivity index (χ4v) is 9.72. The molecule has 0 unspecified atom stereocenters. The summed E-state index contributed by atoms with van der Waals surface area (Å²) in [6.45, 7) is 11.5. The van der Waals surface area contributed by atoms with Gasteiger partial charge in [0, 0.05) is 25.7 Å². The van der Waals surface area contributed by atoms with Crippen molar-refractivity contribution in [2.75, 3.05) is 19.8 Å². The predicted octanol–water partition coefficient (Wildman–Crippen LogP) is 5.91. The molecule has 0 aliphatic carbocycles. The zero-order valence-corrected chi connectivity index (χ0v) is 21.5. The first kappa shape index (κ1) is 25.2. The molecule has 2 aromatic carbocycles. The number of rotatable bonds is 11. The summed E-state index contributed by atoms with van der Waals surface area (Å²) in [4.78, 5) is 0. The van der Waals surface area contributed by atoms with Gasteiger partial charge in [-0.2, -0.15) is 0 Å². The lowest BCUT2D eigenvalue weighted by Crippen LogP contribution is -2.66. The zero-order chi connectivity index (χ0) is 22.9. The summed E-state index contributed by atoms with van der Waals surface area (Å²) in [5.41, 5.74) is 0. The van der Waals surface area contributed by atoms with Crippen molar-refractivity contribution in [2.45, 2.75) is 77.5 Å². The summed E-state index contributed by atoms with van der Waals surface area (Å²) in [5.74, 6) is 0.543. The number of unbranched alkanes of at least 4 members (excludes halogenated alkanes) is 2. The van der Waals surface area contributed by atoms with Crippen LogP contribution in [-0.4, -0.2) is 34.4 Å². The highest BCUT2D eigenvalue weighted by Gasteiger charge is 2.49. The van der Waals surface area contributed by atoms with Gasteiger partial charge in [0.2, 0.25) is 0 Å². The van der Waals surface area contributed by atoms with E-state index in [1.165, 1.54) is 36.1 Å². The quantitative estimate of drug-likeness (QED) is 0.312. The van der Waals surface area contributed by atoms with Crippen LogP contribution in [0.3, 0.4) is 0 Å². The van der Waals surface area contributed by atoms with Crippen molar-refractivity contribution in [1.82, 2.24) is 0 Å². The van der Waals surface area contributed by atoms with Crippen LogP contribution < -0.4 is 10.4 Å². The van der Waals surface area contributed by atoms with Gasteiger partial charge >= 0.3 is 0 Å². The minimum absolute atomic E-state index is 0.00195. The van der Waals surface area contributed by atoms with E-state index < -0.39 is 8.32 Å². The Morgan fingerprint density at radius 3 is 2.09 bits per heavy atom. The monoisotopic (exact) mass is 454 g/mol. The van der Waals surface area contributed by atoms with E-state index in [4.69, 9.17) is 13.9 Å². The molecule has 176 valence electrons. The van der Waals surface area contributed by atoms with E-state index in [1.54, 1.807) is 0 Å². The van der Waals surface area contributed by atoms with Crippen molar-refractivity contribution in [2.24, 2.45) is 5.92 Å². The number of benzene rings is 2. The van der Waals surface area contributed by atoms with Gasteiger partial charge in [-0.15, -0.1) is 0 Å². The molecule has 3 nitrogen and oxygen atoms in total. The summed E-state index contributed by atoms with van der Waals surface area (Å²) < 4.78 is 18.7. The molecule has 1 fully saturated rings. The molecule has 0 bridgehead atoms. The third-order valence-corrected chi connectivity index (χ3v) is 11.7. The Labute approximate surface area is 196 Å². The van der Waals surface area contributed by atoms with Crippen LogP contribution in [0, 0.1) is 5.92 Å². The van der Waals surface area contributed by atoms with Crippen molar-refractivity contribution in [3.8, 4) is 0 Å². The lowest BCUT2D eigenvalue weighted by atomic mass is 9.94. The molecule has 3 rings (SSSR count). The third-order valence-electron chi connectivity index (χ3n) is 6.67. The van der Waals surface area contributed by atoms with Crippen molar-refractivity contribution < 1.29 is 13.9 Å². The predicted molar refractivity (Wildman–Crippen MR) is 136 cm³/mol. The Hall–Kier alpha value is -1.46.